The molecule has 5 heteroatoms. The average molecular weight is 349 g/mol. The van der Waals surface area contributed by atoms with Crippen molar-refractivity contribution in [3.63, 3.8) is 0 Å². The zero-order chi connectivity index (χ0) is 18.1. The highest BCUT2D eigenvalue weighted by atomic mass is 16.2. The van der Waals surface area contributed by atoms with Crippen LogP contribution in [-0.4, -0.2) is 22.8 Å². The van der Waals surface area contributed by atoms with Gasteiger partial charge in [-0.3, -0.25) is 9.59 Å². The monoisotopic (exact) mass is 349 g/mol. The smallest absolute Gasteiger partial charge is 0.258 e. The van der Waals surface area contributed by atoms with E-state index in [0.717, 1.165) is 35.3 Å². The molecule has 2 aromatic rings. The third-order valence-corrected chi connectivity index (χ3v) is 5.23. The SMILES string of the molecule is CC(=O)Nc1ccc([C@H]2Nc3ccccc3C(=O)N2C2CCCC2)cc1. The summed E-state index contributed by atoms with van der Waals surface area (Å²) in [6.07, 6.45) is 4.26. The molecule has 2 aliphatic rings. The molecule has 1 heterocycles. The van der Waals surface area contributed by atoms with E-state index in [9.17, 15) is 9.59 Å². The number of anilines is 2. The van der Waals surface area contributed by atoms with Crippen molar-refractivity contribution >= 4 is 23.2 Å². The van der Waals surface area contributed by atoms with Crippen molar-refractivity contribution in [1.82, 2.24) is 4.90 Å². The van der Waals surface area contributed by atoms with Gasteiger partial charge in [0.25, 0.3) is 5.91 Å². The molecule has 2 N–H and O–H groups in total. The Morgan fingerprint density at radius 3 is 2.46 bits per heavy atom. The molecule has 4 rings (SSSR count). The third kappa shape index (κ3) is 3.05. The number of nitrogens with zero attached hydrogens (tertiary/aromatic N) is 1. The highest BCUT2D eigenvalue weighted by molar-refractivity contribution is 6.02. The summed E-state index contributed by atoms with van der Waals surface area (Å²) in [6.45, 7) is 1.49. The molecule has 1 saturated carbocycles. The van der Waals surface area contributed by atoms with Crippen LogP contribution in [0.2, 0.25) is 0 Å². The fraction of sp³-hybridized carbons (Fsp3) is 0.333. The highest BCUT2D eigenvalue weighted by Gasteiger charge is 2.38. The molecule has 0 saturated heterocycles. The zero-order valence-electron chi connectivity index (χ0n) is 14.9. The van der Waals surface area contributed by atoms with Gasteiger partial charge in [-0.15, -0.1) is 0 Å². The van der Waals surface area contributed by atoms with Gasteiger partial charge in [-0.1, -0.05) is 37.1 Å². The summed E-state index contributed by atoms with van der Waals surface area (Å²) in [5.74, 6) is 0.00687. The number of carbonyl (C=O) groups is 2. The lowest BCUT2D eigenvalue weighted by Crippen LogP contribution is -2.47. The van der Waals surface area contributed by atoms with Crippen molar-refractivity contribution in [3.8, 4) is 0 Å². The first kappa shape index (κ1) is 16.6. The summed E-state index contributed by atoms with van der Waals surface area (Å²) < 4.78 is 0. The van der Waals surface area contributed by atoms with E-state index in [-0.39, 0.29) is 24.0 Å². The van der Waals surface area contributed by atoms with Gasteiger partial charge in [-0.05, 0) is 42.7 Å². The van der Waals surface area contributed by atoms with Gasteiger partial charge in [-0.2, -0.15) is 0 Å². The lowest BCUT2D eigenvalue weighted by atomic mass is 10.0. The molecule has 2 aromatic carbocycles. The minimum Gasteiger partial charge on any atom is -0.361 e. The maximum atomic E-state index is 13.2. The van der Waals surface area contributed by atoms with Gasteiger partial charge in [0.15, 0.2) is 0 Å². The molecule has 1 atom stereocenters. The van der Waals surface area contributed by atoms with Crippen LogP contribution in [0, 0.1) is 0 Å². The number of benzene rings is 2. The van der Waals surface area contributed by atoms with Crippen molar-refractivity contribution in [2.24, 2.45) is 0 Å². The van der Waals surface area contributed by atoms with Gasteiger partial charge in [0, 0.05) is 24.3 Å². The zero-order valence-corrected chi connectivity index (χ0v) is 14.9. The molecule has 134 valence electrons. The normalized spacial score (nSPS) is 19.8. The Hall–Kier alpha value is -2.82. The Kier molecular flexibility index (Phi) is 4.37. The predicted molar refractivity (Wildman–Crippen MR) is 102 cm³/mol. The molecule has 2 amide bonds. The van der Waals surface area contributed by atoms with Crippen LogP contribution in [0.4, 0.5) is 11.4 Å². The van der Waals surface area contributed by atoms with E-state index >= 15 is 0 Å². The number of carbonyl (C=O) groups excluding carboxylic acids is 2. The second kappa shape index (κ2) is 6.83. The minimum absolute atomic E-state index is 0.0924. The second-order valence-electron chi connectivity index (χ2n) is 7.05. The molecule has 0 bridgehead atoms. The van der Waals surface area contributed by atoms with Crippen LogP contribution >= 0.6 is 0 Å². The third-order valence-electron chi connectivity index (χ3n) is 5.23. The van der Waals surface area contributed by atoms with Gasteiger partial charge < -0.3 is 15.5 Å². The maximum absolute atomic E-state index is 13.2. The number of hydrogen-bond donors (Lipinski definition) is 2. The summed E-state index contributed by atoms with van der Waals surface area (Å²) in [7, 11) is 0. The van der Waals surface area contributed by atoms with E-state index in [4.69, 9.17) is 0 Å². The molecule has 1 aliphatic heterocycles. The lowest BCUT2D eigenvalue weighted by molar-refractivity contribution is -0.114. The van der Waals surface area contributed by atoms with Crippen molar-refractivity contribution in [2.75, 3.05) is 10.6 Å². The van der Waals surface area contributed by atoms with E-state index in [1.54, 1.807) is 0 Å². The second-order valence-corrected chi connectivity index (χ2v) is 7.05. The Bertz CT molecular complexity index is 825. The molecular weight excluding hydrogens is 326 g/mol. The number of nitrogens with one attached hydrogen (secondary N) is 2. The Balaban J connectivity index is 1.70. The first-order valence-corrected chi connectivity index (χ1v) is 9.19. The lowest BCUT2D eigenvalue weighted by Gasteiger charge is -2.41. The highest BCUT2D eigenvalue weighted by Crippen LogP contribution is 2.38. The Morgan fingerprint density at radius 1 is 1.08 bits per heavy atom. The summed E-state index contributed by atoms with van der Waals surface area (Å²) in [5, 5.41) is 6.33. The number of para-hydroxylation sites is 1. The summed E-state index contributed by atoms with van der Waals surface area (Å²) in [5.41, 5.74) is 3.40. The standard InChI is InChI=1S/C21H23N3O2/c1-14(25)22-16-12-10-15(11-13-16)20-23-19-9-5-4-8-18(19)21(26)24(20)17-6-2-3-7-17/h4-5,8-13,17,20,23H,2-3,6-7H2,1H3,(H,22,25)/t20-/m0/s1. The predicted octanol–water partition coefficient (Wildman–Crippen LogP) is 4.15. The molecule has 0 radical (unpaired) electrons. The fourth-order valence-corrected chi connectivity index (χ4v) is 4.02. The summed E-state index contributed by atoms with van der Waals surface area (Å²) in [6, 6.07) is 15.7. The van der Waals surface area contributed by atoms with Crippen LogP contribution < -0.4 is 10.6 Å². The topological polar surface area (TPSA) is 61.4 Å². The van der Waals surface area contributed by atoms with Crippen LogP contribution in [0.5, 0.6) is 0 Å². The summed E-state index contributed by atoms with van der Waals surface area (Å²) >= 11 is 0. The van der Waals surface area contributed by atoms with Crippen LogP contribution in [0.15, 0.2) is 48.5 Å². The fourth-order valence-electron chi connectivity index (χ4n) is 4.02. The van der Waals surface area contributed by atoms with E-state index < -0.39 is 0 Å². The number of rotatable bonds is 3. The van der Waals surface area contributed by atoms with Gasteiger partial charge in [0.2, 0.25) is 5.91 Å². The molecule has 0 aromatic heterocycles. The molecule has 0 spiro atoms. The van der Waals surface area contributed by atoms with E-state index in [0.29, 0.717) is 0 Å². The van der Waals surface area contributed by atoms with Gasteiger partial charge >= 0.3 is 0 Å². The first-order chi connectivity index (χ1) is 12.6. The quantitative estimate of drug-likeness (QED) is 0.875. The van der Waals surface area contributed by atoms with E-state index in [2.05, 4.69) is 10.6 Å². The molecule has 0 unspecified atom stereocenters. The first-order valence-electron chi connectivity index (χ1n) is 9.19. The van der Waals surface area contributed by atoms with Crippen molar-refractivity contribution in [3.05, 3.63) is 59.7 Å². The Morgan fingerprint density at radius 2 is 1.77 bits per heavy atom. The largest absolute Gasteiger partial charge is 0.361 e. The number of hydrogen-bond acceptors (Lipinski definition) is 3. The maximum Gasteiger partial charge on any atom is 0.258 e. The van der Waals surface area contributed by atoms with E-state index in [1.165, 1.54) is 19.8 Å². The Labute approximate surface area is 153 Å². The molecule has 5 nitrogen and oxygen atoms in total. The summed E-state index contributed by atoms with van der Waals surface area (Å²) in [4.78, 5) is 26.5. The van der Waals surface area contributed by atoms with Gasteiger partial charge in [0.1, 0.15) is 6.17 Å². The van der Waals surface area contributed by atoms with Crippen LogP contribution in [0.25, 0.3) is 0 Å². The van der Waals surface area contributed by atoms with Crippen molar-refractivity contribution in [2.45, 2.75) is 44.8 Å². The minimum atomic E-state index is -0.188. The van der Waals surface area contributed by atoms with Gasteiger partial charge in [-0.25, -0.2) is 0 Å². The van der Waals surface area contributed by atoms with Crippen LogP contribution in [0.3, 0.4) is 0 Å². The van der Waals surface area contributed by atoms with Gasteiger partial charge in [0.05, 0.1) is 5.56 Å². The molecule has 1 aliphatic carbocycles. The number of amides is 2. The number of fused-ring (bicyclic) bond motifs is 1. The van der Waals surface area contributed by atoms with Crippen molar-refractivity contribution in [1.29, 1.82) is 0 Å². The molecule has 26 heavy (non-hydrogen) atoms. The van der Waals surface area contributed by atoms with Crippen molar-refractivity contribution < 1.29 is 9.59 Å². The average Bonchev–Trinajstić information content (AvgIpc) is 3.16. The van der Waals surface area contributed by atoms with E-state index in [1.807, 2.05) is 53.4 Å². The molecule has 1 fully saturated rings. The van der Waals surface area contributed by atoms with Crippen LogP contribution in [-0.2, 0) is 4.79 Å². The molecular formula is C21H23N3O2. The van der Waals surface area contributed by atoms with Crippen LogP contribution in [0.1, 0.15) is 54.7 Å².